The van der Waals surface area contributed by atoms with Crippen LogP contribution in [0.25, 0.3) is 0 Å². The van der Waals surface area contributed by atoms with Gasteiger partial charge in [-0.3, -0.25) is 0 Å². The highest BCUT2D eigenvalue weighted by atomic mass is 16.2. The molecule has 1 aliphatic heterocycles. The highest BCUT2D eigenvalue weighted by Gasteiger charge is 2.23. The van der Waals surface area contributed by atoms with Crippen molar-refractivity contribution in [1.82, 2.24) is 9.80 Å². The fourth-order valence-electron chi connectivity index (χ4n) is 4.31. The third-order valence-electron chi connectivity index (χ3n) is 6.06. The molecule has 0 spiro atoms. The van der Waals surface area contributed by atoms with Crippen LogP contribution in [0.3, 0.4) is 0 Å². The van der Waals surface area contributed by atoms with Crippen molar-refractivity contribution in [3.8, 4) is 0 Å². The number of carbonyl (C=O) groups is 1. The van der Waals surface area contributed by atoms with Crippen LogP contribution in [0.5, 0.6) is 0 Å². The lowest BCUT2D eigenvalue weighted by Gasteiger charge is -2.35. The maximum atomic E-state index is 12.7. The third-order valence-corrected chi connectivity index (χ3v) is 6.06. The molecule has 2 amide bonds. The predicted molar refractivity (Wildman–Crippen MR) is 122 cm³/mol. The Morgan fingerprint density at radius 2 is 1.93 bits per heavy atom. The summed E-state index contributed by atoms with van der Waals surface area (Å²) in [5.41, 5.74) is 6.04. The van der Waals surface area contributed by atoms with E-state index in [0.29, 0.717) is 5.92 Å². The van der Waals surface area contributed by atoms with Crippen LogP contribution in [-0.2, 0) is 6.42 Å². The fraction of sp³-hybridized carbons (Fsp3) is 0.480. The van der Waals surface area contributed by atoms with Gasteiger partial charge in [0.05, 0.1) is 0 Å². The van der Waals surface area contributed by atoms with Crippen LogP contribution >= 0.6 is 0 Å². The highest BCUT2D eigenvalue weighted by Crippen LogP contribution is 2.20. The number of urea groups is 1. The summed E-state index contributed by atoms with van der Waals surface area (Å²) in [6, 6.07) is 14.8. The maximum absolute atomic E-state index is 12.7. The van der Waals surface area contributed by atoms with Gasteiger partial charge in [-0.2, -0.15) is 0 Å². The standard InChI is InChI=1S/C25H35N3O/c1-19-11-12-24(21(3)16-19)26-25(29)27(4)17-22-9-7-14-28(18-22)15-13-23-10-6-5-8-20(23)2/h5-6,8,10-12,16,22H,7,9,13-15,17-18H2,1-4H3,(H,26,29). The van der Waals surface area contributed by atoms with Gasteiger partial charge in [0.1, 0.15) is 0 Å². The minimum atomic E-state index is -0.0195. The largest absolute Gasteiger partial charge is 0.327 e. The first-order chi connectivity index (χ1) is 13.9. The van der Waals surface area contributed by atoms with Crippen LogP contribution in [0.1, 0.15) is 35.1 Å². The number of rotatable bonds is 6. The van der Waals surface area contributed by atoms with Crippen LogP contribution < -0.4 is 5.32 Å². The Morgan fingerprint density at radius 1 is 1.14 bits per heavy atom. The molecular weight excluding hydrogens is 358 g/mol. The molecule has 0 saturated carbocycles. The summed E-state index contributed by atoms with van der Waals surface area (Å²) in [4.78, 5) is 17.1. The number of carbonyl (C=O) groups excluding carboxylic acids is 1. The molecule has 29 heavy (non-hydrogen) atoms. The maximum Gasteiger partial charge on any atom is 0.321 e. The zero-order valence-corrected chi connectivity index (χ0v) is 18.4. The highest BCUT2D eigenvalue weighted by molar-refractivity contribution is 5.90. The second-order valence-corrected chi connectivity index (χ2v) is 8.61. The number of likely N-dealkylation sites (tertiary alicyclic amines) is 1. The van der Waals surface area contributed by atoms with Gasteiger partial charge >= 0.3 is 6.03 Å². The van der Waals surface area contributed by atoms with E-state index in [0.717, 1.165) is 37.3 Å². The molecule has 4 heteroatoms. The fourth-order valence-corrected chi connectivity index (χ4v) is 4.31. The van der Waals surface area contributed by atoms with E-state index < -0.39 is 0 Å². The van der Waals surface area contributed by atoms with Gasteiger partial charge in [0, 0.05) is 32.4 Å². The van der Waals surface area contributed by atoms with Crippen molar-refractivity contribution >= 4 is 11.7 Å². The van der Waals surface area contributed by atoms with E-state index in [1.54, 1.807) is 0 Å². The number of amides is 2. The predicted octanol–water partition coefficient (Wildman–Crippen LogP) is 5.03. The van der Waals surface area contributed by atoms with Gasteiger partial charge in [-0.25, -0.2) is 4.79 Å². The molecule has 2 aromatic carbocycles. The first kappa shape index (κ1) is 21.4. The van der Waals surface area contributed by atoms with E-state index in [9.17, 15) is 4.79 Å². The Morgan fingerprint density at radius 3 is 2.69 bits per heavy atom. The zero-order chi connectivity index (χ0) is 20.8. The number of hydrogen-bond acceptors (Lipinski definition) is 2. The van der Waals surface area contributed by atoms with Gasteiger partial charge in [0.2, 0.25) is 0 Å². The first-order valence-electron chi connectivity index (χ1n) is 10.8. The summed E-state index contributed by atoms with van der Waals surface area (Å²) >= 11 is 0. The molecule has 1 heterocycles. The second-order valence-electron chi connectivity index (χ2n) is 8.61. The first-order valence-corrected chi connectivity index (χ1v) is 10.8. The van der Waals surface area contributed by atoms with E-state index in [1.807, 2.05) is 31.0 Å². The monoisotopic (exact) mass is 393 g/mol. The minimum Gasteiger partial charge on any atom is -0.327 e. The number of aryl methyl sites for hydroxylation is 3. The van der Waals surface area contributed by atoms with Gasteiger partial charge in [-0.05, 0) is 75.3 Å². The van der Waals surface area contributed by atoms with Crippen LogP contribution in [0, 0.1) is 26.7 Å². The Bertz CT molecular complexity index is 833. The Balaban J connectivity index is 1.48. The third kappa shape index (κ3) is 6.07. The summed E-state index contributed by atoms with van der Waals surface area (Å²) in [5, 5.41) is 3.06. The molecule has 1 aliphatic rings. The summed E-state index contributed by atoms with van der Waals surface area (Å²) in [6.07, 6.45) is 3.51. The Kier molecular flexibility index (Phi) is 7.32. The van der Waals surface area contributed by atoms with Gasteiger partial charge in [0.15, 0.2) is 0 Å². The minimum absolute atomic E-state index is 0.0195. The molecule has 1 N–H and O–H groups in total. The second kappa shape index (κ2) is 9.93. The molecule has 0 aromatic heterocycles. The SMILES string of the molecule is Cc1ccc(NC(=O)N(C)CC2CCCN(CCc3ccccc3C)C2)c(C)c1. The van der Waals surface area contributed by atoms with Crippen molar-refractivity contribution < 1.29 is 4.79 Å². The average Bonchev–Trinajstić information content (AvgIpc) is 2.69. The summed E-state index contributed by atoms with van der Waals surface area (Å²) in [5.74, 6) is 0.537. The number of nitrogens with one attached hydrogen (secondary N) is 1. The van der Waals surface area contributed by atoms with Crippen molar-refractivity contribution in [2.75, 3.05) is 38.5 Å². The number of anilines is 1. The smallest absolute Gasteiger partial charge is 0.321 e. The number of piperidine rings is 1. The molecule has 1 fully saturated rings. The molecule has 3 rings (SSSR count). The lowest BCUT2D eigenvalue weighted by Crippen LogP contribution is -2.43. The van der Waals surface area contributed by atoms with Gasteiger partial charge in [-0.15, -0.1) is 0 Å². The van der Waals surface area contributed by atoms with Crippen molar-refractivity contribution in [2.45, 2.75) is 40.0 Å². The van der Waals surface area contributed by atoms with E-state index in [1.165, 1.54) is 36.1 Å². The summed E-state index contributed by atoms with van der Waals surface area (Å²) in [6.45, 7) is 10.4. The number of benzene rings is 2. The molecule has 0 aliphatic carbocycles. The van der Waals surface area contributed by atoms with Crippen LogP contribution in [0.15, 0.2) is 42.5 Å². The van der Waals surface area contributed by atoms with Crippen LogP contribution in [0.2, 0.25) is 0 Å². The molecule has 4 nitrogen and oxygen atoms in total. The molecule has 0 radical (unpaired) electrons. The van der Waals surface area contributed by atoms with Gasteiger partial charge in [-0.1, -0.05) is 42.0 Å². The Hall–Kier alpha value is -2.33. The molecular formula is C25H35N3O. The van der Waals surface area contributed by atoms with Gasteiger partial charge < -0.3 is 15.1 Å². The normalized spacial score (nSPS) is 17.2. The van der Waals surface area contributed by atoms with E-state index in [-0.39, 0.29) is 6.03 Å². The van der Waals surface area contributed by atoms with Crippen LogP contribution in [0.4, 0.5) is 10.5 Å². The lowest BCUT2D eigenvalue weighted by atomic mass is 9.97. The number of hydrogen-bond donors (Lipinski definition) is 1. The molecule has 0 bridgehead atoms. The lowest BCUT2D eigenvalue weighted by molar-refractivity contribution is 0.150. The molecule has 1 atom stereocenters. The van der Waals surface area contributed by atoms with E-state index in [2.05, 4.69) is 54.4 Å². The average molecular weight is 394 g/mol. The zero-order valence-electron chi connectivity index (χ0n) is 18.4. The van der Waals surface area contributed by atoms with Crippen molar-refractivity contribution in [3.05, 3.63) is 64.7 Å². The van der Waals surface area contributed by atoms with Crippen molar-refractivity contribution in [1.29, 1.82) is 0 Å². The van der Waals surface area contributed by atoms with Gasteiger partial charge in [0.25, 0.3) is 0 Å². The quantitative estimate of drug-likeness (QED) is 0.747. The molecule has 1 unspecified atom stereocenters. The van der Waals surface area contributed by atoms with Crippen molar-refractivity contribution in [2.24, 2.45) is 5.92 Å². The van der Waals surface area contributed by atoms with E-state index in [4.69, 9.17) is 0 Å². The van der Waals surface area contributed by atoms with E-state index >= 15 is 0 Å². The number of nitrogens with zero attached hydrogens (tertiary/aromatic N) is 2. The molecule has 1 saturated heterocycles. The summed E-state index contributed by atoms with van der Waals surface area (Å²) in [7, 11) is 1.91. The molecule has 2 aromatic rings. The topological polar surface area (TPSA) is 35.6 Å². The van der Waals surface area contributed by atoms with Crippen molar-refractivity contribution in [3.63, 3.8) is 0 Å². The Labute approximate surface area is 175 Å². The van der Waals surface area contributed by atoms with Crippen LogP contribution in [-0.4, -0.2) is 49.1 Å². The summed E-state index contributed by atoms with van der Waals surface area (Å²) < 4.78 is 0. The molecule has 156 valence electrons.